The van der Waals surface area contributed by atoms with Gasteiger partial charge in [-0.1, -0.05) is 0 Å². The van der Waals surface area contributed by atoms with Crippen LogP contribution in [0.2, 0.25) is 4.44 Å². The van der Waals surface area contributed by atoms with E-state index in [2.05, 4.69) is 6.58 Å². The van der Waals surface area contributed by atoms with E-state index in [0.717, 1.165) is 0 Å². The van der Waals surface area contributed by atoms with Crippen LogP contribution >= 0.6 is 26.8 Å². The van der Waals surface area contributed by atoms with Crippen molar-refractivity contribution in [2.75, 3.05) is 0 Å². The maximum absolute atomic E-state index is 5.50. The third-order valence-corrected chi connectivity index (χ3v) is 5.63. The van der Waals surface area contributed by atoms with E-state index in [1.54, 1.807) is 6.08 Å². The van der Waals surface area contributed by atoms with Gasteiger partial charge in [0.15, 0.2) is 0 Å². The average Bonchev–Trinajstić information content (AvgIpc) is 1.30. The molecular weight excluding hydrogens is 261 g/mol. The van der Waals surface area contributed by atoms with E-state index >= 15 is 0 Å². The Labute approximate surface area is 58.5 Å². The summed E-state index contributed by atoms with van der Waals surface area (Å²) in [4.78, 5) is 0. The van der Waals surface area contributed by atoms with Crippen LogP contribution in [0.1, 0.15) is 0 Å². The van der Waals surface area contributed by atoms with Gasteiger partial charge < -0.3 is 0 Å². The number of rotatable bonds is 2. The monoisotopic (exact) mass is 266 g/mol. The molecule has 42 valence electrons. The van der Waals surface area contributed by atoms with Gasteiger partial charge in [-0.3, -0.25) is 0 Å². The van der Waals surface area contributed by atoms with Crippen LogP contribution in [0.5, 0.6) is 0 Å². The van der Waals surface area contributed by atoms with Crippen molar-refractivity contribution in [3.8, 4) is 0 Å². The van der Waals surface area contributed by atoms with E-state index < -0.39 is 15.0 Å². The van der Waals surface area contributed by atoms with Gasteiger partial charge in [0.2, 0.25) is 0 Å². The molecular formula is C3H5Cl3Sn. The quantitative estimate of drug-likeness (QED) is 0.532. The molecule has 0 amide bonds. The topological polar surface area (TPSA) is 0 Å². The Bertz CT molecular complexity index is 65.1. The first-order chi connectivity index (χ1) is 3.06. The molecule has 0 aromatic heterocycles. The Morgan fingerprint density at radius 1 is 1.43 bits per heavy atom. The molecule has 0 aromatic carbocycles. The molecule has 0 aliphatic heterocycles. The average molecular weight is 266 g/mol. The molecule has 0 aromatic rings. The van der Waals surface area contributed by atoms with Gasteiger partial charge in [0.05, 0.1) is 0 Å². The molecule has 0 nitrogen and oxygen atoms in total. The molecule has 0 atom stereocenters. The normalized spacial score (nSPS) is 11.3. The molecule has 0 saturated carbocycles. The van der Waals surface area contributed by atoms with E-state index in [1.165, 1.54) is 0 Å². The predicted molar refractivity (Wildman–Crippen MR) is 38.3 cm³/mol. The van der Waals surface area contributed by atoms with Crippen LogP contribution in [0.3, 0.4) is 0 Å². The molecule has 0 rings (SSSR count). The zero-order chi connectivity index (χ0) is 5.91. The number of hydrogen-bond donors (Lipinski definition) is 0. The maximum atomic E-state index is 5.50. The van der Waals surface area contributed by atoms with Crippen molar-refractivity contribution in [1.82, 2.24) is 0 Å². The first-order valence-electron chi connectivity index (χ1n) is 1.74. The van der Waals surface area contributed by atoms with Gasteiger partial charge in [-0.05, 0) is 0 Å². The SMILES string of the molecule is C=C[CH2][Sn]([Cl])([Cl])[Cl]. The Balaban J connectivity index is 3.34. The zero-order valence-electron chi connectivity index (χ0n) is 3.63. The van der Waals surface area contributed by atoms with Crippen LogP contribution in [0.25, 0.3) is 0 Å². The Kier molecular flexibility index (Phi) is 4.13. The second-order valence-electron chi connectivity index (χ2n) is 1.11. The Hall–Kier alpha value is 1.41. The van der Waals surface area contributed by atoms with Crippen molar-refractivity contribution in [3.63, 3.8) is 0 Å². The van der Waals surface area contributed by atoms with Crippen LogP contribution in [-0.4, -0.2) is 15.0 Å². The van der Waals surface area contributed by atoms with E-state index in [-0.39, 0.29) is 0 Å². The fourth-order valence-electron chi connectivity index (χ4n) is 0.164. The van der Waals surface area contributed by atoms with Crippen molar-refractivity contribution in [2.24, 2.45) is 0 Å². The van der Waals surface area contributed by atoms with Gasteiger partial charge in [0, 0.05) is 0 Å². The minimum absolute atomic E-state index is 0.610. The molecule has 0 fully saturated rings. The molecule has 4 heteroatoms. The first-order valence-corrected chi connectivity index (χ1v) is 14.6. The van der Waals surface area contributed by atoms with E-state index in [9.17, 15) is 0 Å². The fraction of sp³-hybridized carbons (Fsp3) is 0.333. The zero-order valence-corrected chi connectivity index (χ0v) is 8.75. The molecule has 0 aliphatic rings. The van der Waals surface area contributed by atoms with E-state index in [4.69, 9.17) is 26.8 Å². The van der Waals surface area contributed by atoms with Gasteiger partial charge in [0.1, 0.15) is 0 Å². The molecule has 0 radical (unpaired) electrons. The van der Waals surface area contributed by atoms with Crippen LogP contribution in [-0.2, 0) is 0 Å². The molecule has 0 heterocycles. The number of allylic oxidation sites excluding steroid dienone is 1. The summed E-state index contributed by atoms with van der Waals surface area (Å²) in [7, 11) is 16.5. The summed E-state index contributed by atoms with van der Waals surface area (Å²) in [5.74, 6) is 0. The van der Waals surface area contributed by atoms with Crippen LogP contribution in [0.15, 0.2) is 12.7 Å². The van der Waals surface area contributed by atoms with Gasteiger partial charge in [-0.25, -0.2) is 0 Å². The summed E-state index contributed by atoms with van der Waals surface area (Å²) < 4.78 is 0.610. The number of halogens is 3. The molecule has 0 N–H and O–H groups in total. The summed E-state index contributed by atoms with van der Waals surface area (Å²) in [6.07, 6.45) is 1.66. The van der Waals surface area contributed by atoms with Gasteiger partial charge >= 0.3 is 58.9 Å². The van der Waals surface area contributed by atoms with Crippen molar-refractivity contribution in [2.45, 2.75) is 4.44 Å². The van der Waals surface area contributed by atoms with Crippen LogP contribution in [0, 0.1) is 0 Å². The predicted octanol–water partition coefficient (Wildman–Crippen LogP) is 2.83. The molecule has 0 aliphatic carbocycles. The minimum atomic E-state index is -2.98. The number of hydrogen-bond acceptors (Lipinski definition) is 0. The summed E-state index contributed by atoms with van der Waals surface area (Å²) in [6.45, 7) is 3.45. The summed E-state index contributed by atoms with van der Waals surface area (Å²) in [5, 5.41) is 0. The van der Waals surface area contributed by atoms with Gasteiger partial charge in [-0.15, -0.1) is 0 Å². The van der Waals surface area contributed by atoms with Crippen LogP contribution < -0.4 is 0 Å². The standard InChI is InChI=1S/C3H5.3ClH.Sn/c1-3-2;;;;/h3H,1-2H2;3*1H;/q;;;;+3/p-3. The molecule has 0 spiro atoms. The third-order valence-electron chi connectivity index (χ3n) is 0.376. The van der Waals surface area contributed by atoms with Crippen molar-refractivity contribution in [3.05, 3.63) is 12.7 Å². The summed E-state index contributed by atoms with van der Waals surface area (Å²) in [6, 6.07) is 0. The summed E-state index contributed by atoms with van der Waals surface area (Å²) in [5.41, 5.74) is 0. The second-order valence-corrected chi connectivity index (χ2v) is 22.7. The summed E-state index contributed by atoms with van der Waals surface area (Å²) >= 11 is -2.98. The Morgan fingerprint density at radius 3 is 1.86 bits per heavy atom. The molecule has 0 bridgehead atoms. The van der Waals surface area contributed by atoms with E-state index in [1.807, 2.05) is 0 Å². The van der Waals surface area contributed by atoms with Crippen molar-refractivity contribution >= 4 is 41.8 Å². The second kappa shape index (κ2) is 3.44. The van der Waals surface area contributed by atoms with Crippen molar-refractivity contribution in [1.29, 1.82) is 0 Å². The van der Waals surface area contributed by atoms with Crippen LogP contribution in [0.4, 0.5) is 0 Å². The van der Waals surface area contributed by atoms with E-state index in [0.29, 0.717) is 4.44 Å². The molecule has 0 saturated heterocycles. The van der Waals surface area contributed by atoms with Gasteiger partial charge in [-0.2, -0.15) is 0 Å². The Morgan fingerprint density at radius 2 is 1.86 bits per heavy atom. The third kappa shape index (κ3) is 7.41. The van der Waals surface area contributed by atoms with Crippen molar-refractivity contribution < 1.29 is 0 Å². The molecule has 7 heavy (non-hydrogen) atoms. The first kappa shape index (κ1) is 8.41. The fourth-order valence-corrected chi connectivity index (χ4v) is 3.29. The van der Waals surface area contributed by atoms with Gasteiger partial charge in [0.25, 0.3) is 0 Å². The molecule has 0 unspecified atom stereocenters.